The van der Waals surface area contributed by atoms with Gasteiger partial charge in [-0.15, -0.1) is 0 Å². The number of urea groups is 1. The van der Waals surface area contributed by atoms with Crippen molar-refractivity contribution in [3.63, 3.8) is 0 Å². The van der Waals surface area contributed by atoms with Crippen molar-refractivity contribution >= 4 is 17.6 Å². The van der Waals surface area contributed by atoms with Gasteiger partial charge in [-0.25, -0.2) is 9.18 Å². The van der Waals surface area contributed by atoms with E-state index in [1.165, 1.54) is 15.9 Å². The highest BCUT2D eigenvalue weighted by molar-refractivity contribution is 5.96. The van der Waals surface area contributed by atoms with Gasteiger partial charge in [-0.05, 0) is 25.5 Å². The number of amides is 3. The van der Waals surface area contributed by atoms with Crippen LogP contribution in [0, 0.1) is 5.82 Å². The average molecular weight is 293 g/mol. The highest BCUT2D eigenvalue weighted by Crippen LogP contribution is 2.23. The zero-order chi connectivity index (χ0) is 15.4. The number of hydrogen-bond acceptors (Lipinski definition) is 2. The van der Waals surface area contributed by atoms with Crippen LogP contribution in [0.25, 0.3) is 0 Å². The summed E-state index contributed by atoms with van der Waals surface area (Å²) < 4.78 is 13.7. The number of carbonyl (C=O) groups is 2. The summed E-state index contributed by atoms with van der Waals surface area (Å²) in [6.45, 7) is 4.70. The molecule has 0 bridgehead atoms. The summed E-state index contributed by atoms with van der Waals surface area (Å²) >= 11 is 0. The van der Waals surface area contributed by atoms with E-state index in [9.17, 15) is 14.0 Å². The molecule has 5 nitrogen and oxygen atoms in total. The second-order valence-electron chi connectivity index (χ2n) is 5.18. The van der Waals surface area contributed by atoms with E-state index in [4.69, 9.17) is 0 Å². The predicted octanol–water partition coefficient (Wildman–Crippen LogP) is 1.98. The summed E-state index contributed by atoms with van der Waals surface area (Å²) in [5, 5.41) is 2.82. The van der Waals surface area contributed by atoms with E-state index < -0.39 is 5.82 Å². The molecule has 0 aromatic heterocycles. The Kier molecular flexibility index (Phi) is 4.77. The molecule has 1 aliphatic rings. The monoisotopic (exact) mass is 293 g/mol. The number of halogens is 1. The third-order valence-electron chi connectivity index (χ3n) is 3.59. The van der Waals surface area contributed by atoms with Gasteiger partial charge in [0.2, 0.25) is 5.91 Å². The number of benzene rings is 1. The molecule has 2 rings (SSSR count). The number of rotatable bonds is 5. The topological polar surface area (TPSA) is 52.7 Å². The molecule has 114 valence electrons. The van der Waals surface area contributed by atoms with E-state index in [1.807, 2.05) is 13.8 Å². The van der Waals surface area contributed by atoms with Crippen LogP contribution in [0.15, 0.2) is 24.3 Å². The van der Waals surface area contributed by atoms with Crippen LogP contribution in [0.4, 0.5) is 14.9 Å². The molecule has 1 aliphatic heterocycles. The average Bonchev–Trinajstić information content (AvgIpc) is 2.80. The standard InChI is InChI=1S/C15H20FN3O2/c1-3-11(2)17-14(20)10-18-8-9-19(15(18)21)13-7-5-4-6-12(13)16/h4-7,11H,3,8-10H2,1-2H3,(H,17,20). The summed E-state index contributed by atoms with van der Waals surface area (Å²) in [6.07, 6.45) is 0.834. The van der Waals surface area contributed by atoms with Crippen LogP contribution in [-0.4, -0.2) is 42.5 Å². The molecule has 1 aromatic rings. The van der Waals surface area contributed by atoms with E-state index in [2.05, 4.69) is 5.32 Å². The third kappa shape index (κ3) is 3.51. The van der Waals surface area contributed by atoms with Gasteiger partial charge in [0.1, 0.15) is 12.4 Å². The van der Waals surface area contributed by atoms with Crippen LogP contribution in [0.1, 0.15) is 20.3 Å². The Balaban J connectivity index is 1.99. The van der Waals surface area contributed by atoms with Crippen LogP contribution in [0.2, 0.25) is 0 Å². The summed E-state index contributed by atoms with van der Waals surface area (Å²) in [5.41, 5.74) is 0.257. The van der Waals surface area contributed by atoms with E-state index >= 15 is 0 Å². The van der Waals surface area contributed by atoms with Crippen LogP contribution >= 0.6 is 0 Å². The minimum atomic E-state index is -0.434. The van der Waals surface area contributed by atoms with Crippen LogP contribution in [0.5, 0.6) is 0 Å². The maximum absolute atomic E-state index is 13.7. The molecule has 0 aliphatic carbocycles. The molecule has 1 aromatic carbocycles. The van der Waals surface area contributed by atoms with Gasteiger partial charge in [0.05, 0.1) is 5.69 Å². The zero-order valence-corrected chi connectivity index (χ0v) is 12.3. The molecule has 1 saturated heterocycles. The molecule has 0 radical (unpaired) electrons. The van der Waals surface area contributed by atoms with E-state index in [1.54, 1.807) is 18.2 Å². The lowest BCUT2D eigenvalue weighted by Gasteiger charge is -2.19. The smallest absolute Gasteiger partial charge is 0.325 e. The maximum atomic E-state index is 13.7. The third-order valence-corrected chi connectivity index (χ3v) is 3.59. The Morgan fingerprint density at radius 1 is 1.38 bits per heavy atom. The highest BCUT2D eigenvalue weighted by atomic mass is 19.1. The minimum Gasteiger partial charge on any atom is -0.352 e. The van der Waals surface area contributed by atoms with Gasteiger partial charge >= 0.3 is 6.03 Å². The number of carbonyl (C=O) groups excluding carboxylic acids is 2. The minimum absolute atomic E-state index is 0.00806. The SMILES string of the molecule is CCC(C)NC(=O)CN1CCN(c2ccccc2F)C1=O. The fraction of sp³-hybridized carbons (Fsp3) is 0.467. The van der Waals surface area contributed by atoms with Gasteiger partial charge < -0.3 is 10.2 Å². The first-order chi connectivity index (χ1) is 10.0. The van der Waals surface area contributed by atoms with Gasteiger partial charge in [0.25, 0.3) is 0 Å². The predicted molar refractivity (Wildman–Crippen MR) is 78.6 cm³/mol. The fourth-order valence-corrected chi connectivity index (χ4v) is 2.22. The van der Waals surface area contributed by atoms with Crippen molar-refractivity contribution in [3.05, 3.63) is 30.1 Å². The Morgan fingerprint density at radius 3 is 2.76 bits per heavy atom. The first kappa shape index (κ1) is 15.3. The molecular weight excluding hydrogens is 273 g/mol. The second-order valence-corrected chi connectivity index (χ2v) is 5.18. The molecule has 1 N–H and O–H groups in total. The van der Waals surface area contributed by atoms with Crippen LogP contribution in [-0.2, 0) is 4.79 Å². The van der Waals surface area contributed by atoms with Crippen molar-refractivity contribution in [1.82, 2.24) is 10.2 Å². The maximum Gasteiger partial charge on any atom is 0.325 e. The van der Waals surface area contributed by atoms with Gasteiger partial charge in [-0.3, -0.25) is 9.69 Å². The van der Waals surface area contributed by atoms with E-state index in [0.29, 0.717) is 13.1 Å². The lowest BCUT2D eigenvalue weighted by atomic mass is 10.2. The molecule has 21 heavy (non-hydrogen) atoms. The molecule has 6 heteroatoms. The summed E-state index contributed by atoms with van der Waals surface area (Å²) in [4.78, 5) is 26.9. The van der Waals surface area contributed by atoms with Gasteiger partial charge in [0.15, 0.2) is 0 Å². The Hall–Kier alpha value is -2.11. The van der Waals surface area contributed by atoms with E-state index in [-0.39, 0.29) is 30.2 Å². The quantitative estimate of drug-likeness (QED) is 0.902. The largest absolute Gasteiger partial charge is 0.352 e. The van der Waals surface area contributed by atoms with Crippen molar-refractivity contribution in [2.24, 2.45) is 0 Å². The molecule has 0 saturated carbocycles. The first-order valence-electron chi connectivity index (χ1n) is 7.13. The summed E-state index contributed by atoms with van der Waals surface area (Å²) in [6, 6.07) is 5.90. The summed E-state index contributed by atoms with van der Waals surface area (Å²) in [5.74, 6) is -0.621. The lowest BCUT2D eigenvalue weighted by Crippen LogP contribution is -2.42. The zero-order valence-electron chi connectivity index (χ0n) is 12.3. The van der Waals surface area contributed by atoms with Crippen LogP contribution in [0.3, 0.4) is 0 Å². The molecule has 1 heterocycles. The number of anilines is 1. The number of para-hydroxylation sites is 1. The van der Waals surface area contributed by atoms with Gasteiger partial charge in [0, 0.05) is 19.1 Å². The van der Waals surface area contributed by atoms with Gasteiger partial charge in [-0.2, -0.15) is 0 Å². The highest BCUT2D eigenvalue weighted by Gasteiger charge is 2.32. The van der Waals surface area contributed by atoms with Crippen molar-refractivity contribution < 1.29 is 14.0 Å². The van der Waals surface area contributed by atoms with Crippen molar-refractivity contribution in [2.45, 2.75) is 26.3 Å². The molecule has 1 unspecified atom stereocenters. The molecule has 3 amide bonds. The molecule has 1 atom stereocenters. The molecular formula is C15H20FN3O2. The second kappa shape index (κ2) is 6.56. The summed E-state index contributed by atoms with van der Waals surface area (Å²) in [7, 11) is 0. The number of hydrogen-bond donors (Lipinski definition) is 1. The number of nitrogens with zero attached hydrogens (tertiary/aromatic N) is 2. The Labute approximate surface area is 123 Å². The molecule has 1 fully saturated rings. The lowest BCUT2D eigenvalue weighted by molar-refractivity contribution is -0.122. The first-order valence-corrected chi connectivity index (χ1v) is 7.13. The fourth-order valence-electron chi connectivity index (χ4n) is 2.22. The van der Waals surface area contributed by atoms with Crippen molar-refractivity contribution in [2.75, 3.05) is 24.5 Å². The normalized spacial score (nSPS) is 16.2. The van der Waals surface area contributed by atoms with Crippen molar-refractivity contribution in [1.29, 1.82) is 0 Å². The Morgan fingerprint density at radius 2 is 2.10 bits per heavy atom. The van der Waals surface area contributed by atoms with E-state index in [0.717, 1.165) is 6.42 Å². The number of nitrogens with one attached hydrogen (secondary N) is 1. The van der Waals surface area contributed by atoms with Gasteiger partial charge in [-0.1, -0.05) is 19.1 Å². The Bertz CT molecular complexity index is 535. The van der Waals surface area contributed by atoms with Crippen LogP contribution < -0.4 is 10.2 Å². The molecule has 0 spiro atoms. The van der Waals surface area contributed by atoms with Crippen molar-refractivity contribution in [3.8, 4) is 0 Å².